The topological polar surface area (TPSA) is 32.3 Å². The Kier molecular flexibility index (Phi) is 3.93. The average Bonchev–Trinajstić information content (AvgIpc) is 2.29. The summed E-state index contributed by atoms with van der Waals surface area (Å²) in [6.07, 6.45) is 5.20. The molecule has 2 nitrogen and oxygen atoms in total. The summed E-state index contributed by atoms with van der Waals surface area (Å²) in [7, 11) is 0. The lowest BCUT2D eigenvalue weighted by molar-refractivity contribution is 0.264. The molecule has 94 valence electrons. The van der Waals surface area contributed by atoms with E-state index in [4.69, 9.17) is 0 Å². The van der Waals surface area contributed by atoms with Crippen molar-refractivity contribution in [2.24, 2.45) is 11.8 Å². The first-order valence-corrected chi connectivity index (χ1v) is 6.70. The zero-order valence-electron chi connectivity index (χ0n) is 10.8. The van der Waals surface area contributed by atoms with Crippen molar-refractivity contribution in [1.82, 2.24) is 0 Å². The minimum Gasteiger partial charge on any atom is -0.508 e. The second kappa shape index (κ2) is 5.44. The summed E-state index contributed by atoms with van der Waals surface area (Å²) in [6, 6.07) is 8.00. The van der Waals surface area contributed by atoms with Gasteiger partial charge in [-0.05, 0) is 36.8 Å². The third-order valence-corrected chi connectivity index (χ3v) is 3.87. The molecule has 1 aliphatic rings. The van der Waals surface area contributed by atoms with Crippen molar-refractivity contribution in [2.75, 3.05) is 5.32 Å². The summed E-state index contributed by atoms with van der Waals surface area (Å²) in [6.45, 7) is 4.64. The van der Waals surface area contributed by atoms with E-state index in [1.807, 2.05) is 12.1 Å². The highest BCUT2D eigenvalue weighted by atomic mass is 16.3. The van der Waals surface area contributed by atoms with Crippen LogP contribution in [0.4, 0.5) is 5.69 Å². The molecule has 2 unspecified atom stereocenters. The van der Waals surface area contributed by atoms with Gasteiger partial charge in [-0.2, -0.15) is 0 Å². The zero-order chi connectivity index (χ0) is 12.3. The summed E-state index contributed by atoms with van der Waals surface area (Å²) < 4.78 is 0. The fraction of sp³-hybridized carbons (Fsp3) is 0.600. The highest BCUT2D eigenvalue weighted by Crippen LogP contribution is 2.31. The number of rotatable bonds is 3. The predicted octanol–water partition coefficient (Wildman–Crippen LogP) is 4.02. The average molecular weight is 233 g/mol. The van der Waals surface area contributed by atoms with Crippen LogP contribution in [0.5, 0.6) is 5.75 Å². The molecule has 0 saturated heterocycles. The number of hydrogen-bond donors (Lipinski definition) is 2. The number of phenolic OH excluding ortho intramolecular Hbond substituents is 1. The van der Waals surface area contributed by atoms with Crippen LogP contribution in [-0.4, -0.2) is 11.1 Å². The van der Waals surface area contributed by atoms with Gasteiger partial charge in [0.2, 0.25) is 0 Å². The Morgan fingerprint density at radius 3 is 2.82 bits per heavy atom. The fourth-order valence-corrected chi connectivity index (χ4v) is 2.80. The van der Waals surface area contributed by atoms with Gasteiger partial charge in [0.1, 0.15) is 5.75 Å². The Hall–Kier alpha value is -1.18. The van der Waals surface area contributed by atoms with Crippen LogP contribution in [0.25, 0.3) is 0 Å². The zero-order valence-corrected chi connectivity index (χ0v) is 10.8. The summed E-state index contributed by atoms with van der Waals surface area (Å²) in [5.74, 6) is 1.97. The molecule has 2 heteroatoms. The fourth-order valence-electron chi connectivity index (χ4n) is 2.80. The first-order chi connectivity index (χ1) is 8.15. The highest BCUT2D eigenvalue weighted by molar-refractivity contribution is 5.48. The molecule has 2 atom stereocenters. The quantitative estimate of drug-likeness (QED) is 0.826. The van der Waals surface area contributed by atoms with E-state index < -0.39 is 0 Å². The van der Waals surface area contributed by atoms with Crippen LogP contribution in [0, 0.1) is 11.8 Å². The van der Waals surface area contributed by atoms with E-state index in [2.05, 4.69) is 19.2 Å². The molecule has 0 heterocycles. The van der Waals surface area contributed by atoms with E-state index >= 15 is 0 Å². The molecule has 2 rings (SSSR count). The Balaban J connectivity index is 1.94. The maximum Gasteiger partial charge on any atom is 0.117 e. The minimum atomic E-state index is 0.339. The van der Waals surface area contributed by atoms with Crippen LogP contribution < -0.4 is 5.32 Å². The van der Waals surface area contributed by atoms with E-state index in [1.54, 1.807) is 12.1 Å². The summed E-state index contributed by atoms with van der Waals surface area (Å²) in [4.78, 5) is 0. The van der Waals surface area contributed by atoms with Gasteiger partial charge in [0.25, 0.3) is 0 Å². The monoisotopic (exact) mass is 233 g/mol. The van der Waals surface area contributed by atoms with Crippen molar-refractivity contribution < 1.29 is 5.11 Å². The first kappa shape index (κ1) is 12.3. The molecular weight excluding hydrogens is 210 g/mol. The van der Waals surface area contributed by atoms with Gasteiger partial charge >= 0.3 is 0 Å². The van der Waals surface area contributed by atoms with Crippen LogP contribution in [0.1, 0.15) is 39.5 Å². The number of benzene rings is 1. The summed E-state index contributed by atoms with van der Waals surface area (Å²) in [5.41, 5.74) is 1.04. The van der Waals surface area contributed by atoms with Crippen molar-refractivity contribution in [1.29, 1.82) is 0 Å². The second-order valence-electron chi connectivity index (χ2n) is 5.56. The van der Waals surface area contributed by atoms with Crippen LogP contribution in [0.3, 0.4) is 0 Å². The van der Waals surface area contributed by atoms with E-state index in [1.165, 1.54) is 25.7 Å². The largest absolute Gasteiger partial charge is 0.508 e. The van der Waals surface area contributed by atoms with Gasteiger partial charge in [-0.3, -0.25) is 0 Å². The number of nitrogens with one attached hydrogen (secondary N) is 1. The van der Waals surface area contributed by atoms with E-state index in [-0.39, 0.29) is 0 Å². The molecular formula is C15H23NO. The van der Waals surface area contributed by atoms with Crippen molar-refractivity contribution in [3.05, 3.63) is 24.3 Å². The normalized spacial score (nSPS) is 24.9. The first-order valence-electron chi connectivity index (χ1n) is 6.70. The van der Waals surface area contributed by atoms with Crippen LogP contribution >= 0.6 is 0 Å². The molecule has 1 aromatic rings. The maximum atomic E-state index is 9.44. The van der Waals surface area contributed by atoms with Gasteiger partial charge in [-0.1, -0.05) is 32.8 Å². The second-order valence-corrected chi connectivity index (χ2v) is 5.56. The van der Waals surface area contributed by atoms with Gasteiger partial charge in [-0.15, -0.1) is 0 Å². The molecule has 1 fully saturated rings. The number of phenols is 1. The molecule has 1 aromatic carbocycles. The lowest BCUT2D eigenvalue weighted by atomic mass is 9.79. The molecule has 17 heavy (non-hydrogen) atoms. The molecule has 1 saturated carbocycles. The minimum absolute atomic E-state index is 0.339. The van der Waals surface area contributed by atoms with Gasteiger partial charge in [0.15, 0.2) is 0 Å². The molecule has 0 aliphatic heterocycles. The third kappa shape index (κ3) is 3.39. The van der Waals surface area contributed by atoms with Gasteiger partial charge in [0, 0.05) is 17.8 Å². The van der Waals surface area contributed by atoms with E-state index in [0.717, 1.165) is 17.5 Å². The summed E-state index contributed by atoms with van der Waals surface area (Å²) >= 11 is 0. The molecule has 2 N–H and O–H groups in total. The molecule has 1 aliphatic carbocycles. The molecule has 0 amide bonds. The predicted molar refractivity (Wildman–Crippen MR) is 72.3 cm³/mol. The molecule has 0 radical (unpaired) electrons. The van der Waals surface area contributed by atoms with Gasteiger partial charge in [-0.25, -0.2) is 0 Å². The van der Waals surface area contributed by atoms with Crippen LogP contribution in [0.15, 0.2) is 24.3 Å². The number of anilines is 1. The maximum absolute atomic E-state index is 9.44. The molecule has 0 aromatic heterocycles. The van der Waals surface area contributed by atoms with Crippen molar-refractivity contribution in [2.45, 2.75) is 45.6 Å². The van der Waals surface area contributed by atoms with Crippen LogP contribution in [0.2, 0.25) is 0 Å². The lowest BCUT2D eigenvalue weighted by Crippen LogP contribution is -2.29. The van der Waals surface area contributed by atoms with E-state index in [0.29, 0.717) is 11.8 Å². The van der Waals surface area contributed by atoms with Crippen molar-refractivity contribution in [3.63, 3.8) is 0 Å². The van der Waals surface area contributed by atoms with Crippen molar-refractivity contribution in [3.8, 4) is 5.75 Å². The SMILES string of the molecule is CC(C)C1CCCC(Nc2cccc(O)c2)C1. The number of hydrogen-bond acceptors (Lipinski definition) is 2. The van der Waals surface area contributed by atoms with Gasteiger partial charge < -0.3 is 10.4 Å². The molecule has 0 bridgehead atoms. The third-order valence-electron chi connectivity index (χ3n) is 3.87. The Morgan fingerprint density at radius 2 is 2.12 bits per heavy atom. The highest BCUT2D eigenvalue weighted by Gasteiger charge is 2.23. The number of aromatic hydroxyl groups is 1. The Morgan fingerprint density at radius 1 is 1.29 bits per heavy atom. The van der Waals surface area contributed by atoms with E-state index in [9.17, 15) is 5.11 Å². The standard InChI is InChI=1S/C15H23NO/c1-11(2)12-5-3-6-13(9-12)16-14-7-4-8-15(17)10-14/h4,7-8,10-13,16-17H,3,5-6,9H2,1-2H3. The smallest absolute Gasteiger partial charge is 0.117 e. The van der Waals surface area contributed by atoms with Crippen molar-refractivity contribution >= 4 is 5.69 Å². The van der Waals surface area contributed by atoms with Gasteiger partial charge in [0.05, 0.1) is 0 Å². The lowest BCUT2D eigenvalue weighted by Gasteiger charge is -2.32. The Labute approximate surface area is 104 Å². The Bertz CT molecular complexity index is 362. The summed E-state index contributed by atoms with van der Waals surface area (Å²) in [5, 5.41) is 13.0. The molecule has 0 spiro atoms. The van der Waals surface area contributed by atoms with Crippen LogP contribution in [-0.2, 0) is 0 Å².